The summed E-state index contributed by atoms with van der Waals surface area (Å²) in [6, 6.07) is 9.21. The summed E-state index contributed by atoms with van der Waals surface area (Å²) in [5.74, 6) is -2.54. The van der Waals surface area contributed by atoms with E-state index in [0.717, 1.165) is 5.56 Å². The van der Waals surface area contributed by atoms with Gasteiger partial charge in [0, 0.05) is 5.92 Å². The molecule has 150 valence electrons. The fourth-order valence-corrected chi connectivity index (χ4v) is 4.15. The zero-order valence-electron chi connectivity index (χ0n) is 16.1. The van der Waals surface area contributed by atoms with Gasteiger partial charge in [0.2, 0.25) is 0 Å². The van der Waals surface area contributed by atoms with Gasteiger partial charge in [0.05, 0.1) is 19.1 Å². The van der Waals surface area contributed by atoms with Crippen molar-refractivity contribution < 1.29 is 28.6 Å². The molecular formula is C21H25NO6. The van der Waals surface area contributed by atoms with Crippen LogP contribution in [0.1, 0.15) is 25.8 Å². The highest BCUT2D eigenvalue weighted by atomic mass is 16.6. The Bertz CT molecular complexity index is 761. The maximum Gasteiger partial charge on any atom is 0.408 e. The first-order valence-electron chi connectivity index (χ1n) is 9.54. The van der Waals surface area contributed by atoms with Crippen LogP contribution >= 0.6 is 0 Å². The van der Waals surface area contributed by atoms with Crippen LogP contribution in [0.15, 0.2) is 42.5 Å². The number of alkyl carbamates (subject to hydrolysis) is 1. The van der Waals surface area contributed by atoms with Crippen molar-refractivity contribution in [3.8, 4) is 0 Å². The van der Waals surface area contributed by atoms with Crippen LogP contribution in [0.5, 0.6) is 0 Å². The number of fused-ring (bicyclic) bond motifs is 2. The first kappa shape index (κ1) is 19.9. The van der Waals surface area contributed by atoms with E-state index < -0.39 is 29.5 Å². The predicted molar refractivity (Wildman–Crippen MR) is 100.0 cm³/mol. The molecule has 0 unspecified atom stereocenters. The van der Waals surface area contributed by atoms with Crippen molar-refractivity contribution in [2.45, 2.75) is 32.4 Å². The third-order valence-corrected chi connectivity index (χ3v) is 5.30. The molecule has 0 aromatic heterocycles. The summed E-state index contributed by atoms with van der Waals surface area (Å²) in [5.41, 5.74) is -0.701. The summed E-state index contributed by atoms with van der Waals surface area (Å²) in [6.45, 7) is 3.77. The molecule has 1 aromatic rings. The number of carbonyl (C=O) groups excluding carboxylic acids is 3. The van der Waals surface area contributed by atoms with Gasteiger partial charge in [0.1, 0.15) is 6.61 Å². The number of hydrogen-bond donors (Lipinski definition) is 1. The van der Waals surface area contributed by atoms with Crippen LogP contribution in [-0.2, 0) is 30.4 Å². The van der Waals surface area contributed by atoms with Crippen LogP contribution in [0.3, 0.4) is 0 Å². The number of rotatable bonds is 7. The number of nitrogens with one attached hydrogen (secondary N) is 1. The van der Waals surface area contributed by atoms with E-state index in [0.29, 0.717) is 6.42 Å². The zero-order chi connectivity index (χ0) is 20.1. The molecule has 0 saturated heterocycles. The van der Waals surface area contributed by atoms with Crippen molar-refractivity contribution in [3.63, 3.8) is 0 Å². The number of ether oxygens (including phenoxy) is 3. The second-order valence-electron chi connectivity index (χ2n) is 6.90. The second kappa shape index (κ2) is 8.46. The predicted octanol–water partition coefficient (Wildman–Crippen LogP) is 2.60. The molecule has 0 radical (unpaired) electrons. The number of amides is 1. The molecule has 2 bridgehead atoms. The van der Waals surface area contributed by atoms with E-state index in [9.17, 15) is 14.4 Å². The van der Waals surface area contributed by atoms with Crippen LogP contribution in [0.2, 0.25) is 0 Å². The molecule has 4 atom stereocenters. The van der Waals surface area contributed by atoms with Crippen molar-refractivity contribution in [1.82, 2.24) is 5.32 Å². The summed E-state index contributed by atoms with van der Waals surface area (Å²) in [5, 5.41) is 2.68. The van der Waals surface area contributed by atoms with E-state index in [2.05, 4.69) is 5.32 Å². The third-order valence-electron chi connectivity index (χ3n) is 5.30. The molecule has 0 aliphatic heterocycles. The van der Waals surface area contributed by atoms with Crippen molar-refractivity contribution >= 4 is 18.0 Å². The largest absolute Gasteiger partial charge is 0.466 e. The van der Waals surface area contributed by atoms with E-state index >= 15 is 0 Å². The number of esters is 2. The van der Waals surface area contributed by atoms with E-state index in [4.69, 9.17) is 14.2 Å². The zero-order valence-corrected chi connectivity index (χ0v) is 16.1. The fraction of sp³-hybridized carbons (Fsp3) is 0.476. The van der Waals surface area contributed by atoms with Gasteiger partial charge in [-0.1, -0.05) is 42.5 Å². The maximum absolute atomic E-state index is 13.0. The van der Waals surface area contributed by atoms with E-state index in [1.54, 1.807) is 13.8 Å². The van der Waals surface area contributed by atoms with E-state index in [1.807, 2.05) is 42.5 Å². The van der Waals surface area contributed by atoms with Crippen LogP contribution in [0.25, 0.3) is 0 Å². The van der Waals surface area contributed by atoms with Crippen molar-refractivity contribution in [2.24, 2.45) is 17.8 Å². The summed E-state index contributed by atoms with van der Waals surface area (Å²) in [4.78, 5) is 38.2. The summed E-state index contributed by atoms with van der Waals surface area (Å²) < 4.78 is 15.8. The molecule has 7 nitrogen and oxygen atoms in total. The maximum atomic E-state index is 13.0. The average molecular weight is 387 g/mol. The third kappa shape index (κ3) is 3.61. The van der Waals surface area contributed by atoms with E-state index in [-0.39, 0.29) is 31.7 Å². The van der Waals surface area contributed by atoms with Crippen LogP contribution < -0.4 is 5.32 Å². The van der Waals surface area contributed by atoms with Crippen molar-refractivity contribution in [3.05, 3.63) is 48.0 Å². The molecule has 0 spiro atoms. The fourth-order valence-electron chi connectivity index (χ4n) is 4.15. The number of benzene rings is 1. The Morgan fingerprint density at radius 2 is 1.75 bits per heavy atom. The lowest BCUT2D eigenvalue weighted by molar-refractivity contribution is -0.164. The number of carbonyl (C=O) groups is 3. The molecule has 7 heteroatoms. The highest BCUT2D eigenvalue weighted by Gasteiger charge is 2.66. The molecular weight excluding hydrogens is 362 g/mol. The topological polar surface area (TPSA) is 90.9 Å². The summed E-state index contributed by atoms with van der Waals surface area (Å²) in [6.07, 6.45) is 3.56. The van der Waals surface area contributed by atoms with Gasteiger partial charge in [-0.2, -0.15) is 0 Å². The van der Waals surface area contributed by atoms with Gasteiger partial charge in [0.25, 0.3) is 0 Å². The second-order valence-corrected chi connectivity index (χ2v) is 6.90. The van der Waals surface area contributed by atoms with Gasteiger partial charge in [0.15, 0.2) is 5.54 Å². The molecule has 1 N–H and O–H groups in total. The molecule has 3 rings (SSSR count). The van der Waals surface area contributed by atoms with Gasteiger partial charge < -0.3 is 19.5 Å². The van der Waals surface area contributed by atoms with Gasteiger partial charge in [-0.15, -0.1) is 0 Å². The summed E-state index contributed by atoms with van der Waals surface area (Å²) >= 11 is 0. The van der Waals surface area contributed by atoms with Crippen LogP contribution in [-0.4, -0.2) is 36.8 Å². The van der Waals surface area contributed by atoms with Crippen molar-refractivity contribution in [2.75, 3.05) is 13.2 Å². The Labute approximate surface area is 164 Å². The minimum Gasteiger partial charge on any atom is -0.466 e. The SMILES string of the molecule is CCOC(=O)[C@@H]1[C@@H]2C=C[C@@H](C2)[C@@]1(NC(=O)OCc1ccccc1)C(=O)OCC. The number of hydrogen-bond acceptors (Lipinski definition) is 6. The molecule has 1 fully saturated rings. The lowest BCUT2D eigenvalue weighted by Gasteiger charge is -2.38. The lowest BCUT2D eigenvalue weighted by Crippen LogP contribution is -2.64. The van der Waals surface area contributed by atoms with Gasteiger partial charge in [-0.05, 0) is 31.7 Å². The Morgan fingerprint density at radius 1 is 1.04 bits per heavy atom. The normalized spacial score (nSPS) is 27.3. The Balaban J connectivity index is 1.83. The number of allylic oxidation sites excluding steroid dienone is 1. The Morgan fingerprint density at radius 3 is 2.43 bits per heavy atom. The molecule has 0 heterocycles. The average Bonchev–Trinajstić information content (AvgIpc) is 3.28. The van der Waals surface area contributed by atoms with Gasteiger partial charge in [-0.25, -0.2) is 9.59 Å². The minimum atomic E-state index is -1.52. The van der Waals surface area contributed by atoms with Crippen LogP contribution in [0, 0.1) is 17.8 Å². The molecule has 1 aromatic carbocycles. The highest BCUT2D eigenvalue weighted by molar-refractivity contribution is 5.94. The van der Waals surface area contributed by atoms with Crippen molar-refractivity contribution in [1.29, 1.82) is 0 Å². The van der Waals surface area contributed by atoms with E-state index in [1.165, 1.54) is 0 Å². The quantitative estimate of drug-likeness (QED) is 0.439. The highest BCUT2D eigenvalue weighted by Crippen LogP contribution is 2.51. The van der Waals surface area contributed by atoms with Gasteiger partial charge in [-0.3, -0.25) is 4.79 Å². The smallest absolute Gasteiger partial charge is 0.408 e. The standard InChI is InChI=1S/C21H25NO6/c1-3-26-18(23)17-15-10-11-16(12-15)21(17,19(24)27-4-2)22-20(25)28-13-14-8-6-5-7-9-14/h5-11,15-17H,3-4,12-13H2,1-2H3,(H,22,25)/t15-,16+,17+,21+/m1/s1. The minimum absolute atomic E-state index is 0.0551. The molecule has 1 saturated carbocycles. The molecule has 2 aliphatic rings. The van der Waals surface area contributed by atoms with Crippen LogP contribution in [0.4, 0.5) is 4.79 Å². The molecule has 28 heavy (non-hydrogen) atoms. The Hall–Kier alpha value is -2.83. The summed E-state index contributed by atoms with van der Waals surface area (Å²) in [7, 11) is 0. The monoisotopic (exact) mass is 387 g/mol. The first-order valence-corrected chi connectivity index (χ1v) is 9.54. The molecule has 2 aliphatic carbocycles. The Kier molecular flexibility index (Phi) is 6.02. The lowest BCUT2D eigenvalue weighted by atomic mass is 9.75. The van der Waals surface area contributed by atoms with Gasteiger partial charge >= 0.3 is 18.0 Å². The first-order chi connectivity index (χ1) is 13.5. The molecule has 1 amide bonds.